The Labute approximate surface area is 154 Å². The van der Waals surface area contributed by atoms with Crippen molar-refractivity contribution in [2.45, 2.75) is 12.8 Å². The lowest BCUT2D eigenvalue weighted by Crippen LogP contribution is -2.39. The highest BCUT2D eigenvalue weighted by Gasteiger charge is 2.23. The number of ether oxygens (including phenoxy) is 1. The van der Waals surface area contributed by atoms with E-state index in [2.05, 4.69) is 24.3 Å². The molecule has 1 fully saturated rings. The molecule has 0 N–H and O–H groups in total. The van der Waals surface area contributed by atoms with Crippen molar-refractivity contribution in [3.63, 3.8) is 0 Å². The lowest BCUT2D eigenvalue weighted by molar-refractivity contribution is 0.0661. The summed E-state index contributed by atoms with van der Waals surface area (Å²) in [6.45, 7) is 2.32. The molecular formula is C23H23NO2. The third kappa shape index (κ3) is 3.72. The van der Waals surface area contributed by atoms with Crippen LogP contribution in [0.5, 0.6) is 5.75 Å². The minimum atomic E-state index is 0.138. The second-order valence-electron chi connectivity index (χ2n) is 6.92. The van der Waals surface area contributed by atoms with E-state index in [1.54, 1.807) is 0 Å². The third-order valence-corrected chi connectivity index (χ3v) is 5.13. The SMILES string of the molecule is O=C(c1ccccc1)N1CCC(COc2ccc3ccccc3c2)CC1. The van der Waals surface area contributed by atoms with Gasteiger partial charge in [-0.05, 0) is 53.8 Å². The predicted octanol–water partition coefficient (Wildman–Crippen LogP) is 4.77. The summed E-state index contributed by atoms with van der Waals surface area (Å²) >= 11 is 0. The molecule has 1 aliphatic heterocycles. The molecule has 1 heterocycles. The first-order valence-corrected chi connectivity index (χ1v) is 9.25. The van der Waals surface area contributed by atoms with Gasteiger partial charge in [-0.1, -0.05) is 48.5 Å². The van der Waals surface area contributed by atoms with Gasteiger partial charge in [-0.3, -0.25) is 4.79 Å². The first-order chi connectivity index (χ1) is 12.8. The molecule has 4 rings (SSSR count). The van der Waals surface area contributed by atoms with Gasteiger partial charge < -0.3 is 9.64 Å². The smallest absolute Gasteiger partial charge is 0.253 e. The van der Waals surface area contributed by atoms with Crippen LogP contribution in [-0.4, -0.2) is 30.5 Å². The number of fused-ring (bicyclic) bond motifs is 1. The van der Waals surface area contributed by atoms with E-state index in [1.807, 2.05) is 53.4 Å². The monoisotopic (exact) mass is 345 g/mol. The molecule has 1 saturated heterocycles. The molecule has 1 amide bonds. The van der Waals surface area contributed by atoms with Crippen molar-refractivity contribution in [2.24, 2.45) is 5.92 Å². The maximum atomic E-state index is 12.5. The van der Waals surface area contributed by atoms with Gasteiger partial charge in [0, 0.05) is 18.7 Å². The van der Waals surface area contributed by atoms with Crippen LogP contribution in [0.2, 0.25) is 0 Å². The molecular weight excluding hydrogens is 322 g/mol. The van der Waals surface area contributed by atoms with Gasteiger partial charge in [-0.25, -0.2) is 0 Å². The summed E-state index contributed by atoms with van der Waals surface area (Å²) in [5.74, 6) is 1.56. The van der Waals surface area contributed by atoms with Gasteiger partial charge in [-0.2, -0.15) is 0 Å². The molecule has 0 radical (unpaired) electrons. The van der Waals surface area contributed by atoms with Crippen molar-refractivity contribution in [3.8, 4) is 5.75 Å². The Bertz CT molecular complexity index is 883. The van der Waals surface area contributed by atoms with Crippen LogP contribution in [0.3, 0.4) is 0 Å². The quantitative estimate of drug-likeness (QED) is 0.681. The number of hydrogen-bond acceptors (Lipinski definition) is 2. The van der Waals surface area contributed by atoms with Crippen molar-refractivity contribution in [1.29, 1.82) is 0 Å². The van der Waals surface area contributed by atoms with Gasteiger partial charge in [0.1, 0.15) is 5.75 Å². The molecule has 3 aromatic carbocycles. The first-order valence-electron chi connectivity index (χ1n) is 9.25. The fourth-order valence-corrected chi connectivity index (χ4v) is 3.54. The number of carbonyl (C=O) groups excluding carboxylic acids is 1. The Morgan fingerprint density at radius 3 is 2.35 bits per heavy atom. The van der Waals surface area contributed by atoms with Crippen LogP contribution in [0.4, 0.5) is 0 Å². The Balaban J connectivity index is 1.30. The van der Waals surface area contributed by atoms with Gasteiger partial charge in [-0.15, -0.1) is 0 Å². The lowest BCUT2D eigenvalue weighted by atomic mass is 9.97. The molecule has 26 heavy (non-hydrogen) atoms. The zero-order valence-electron chi connectivity index (χ0n) is 14.8. The standard InChI is InChI=1S/C23H23NO2/c25-23(20-7-2-1-3-8-20)24-14-12-18(13-15-24)17-26-22-11-10-19-6-4-5-9-21(19)16-22/h1-11,16,18H,12-15,17H2. The van der Waals surface area contributed by atoms with Crippen molar-refractivity contribution in [1.82, 2.24) is 4.90 Å². The topological polar surface area (TPSA) is 29.5 Å². The second kappa shape index (κ2) is 7.61. The van der Waals surface area contributed by atoms with E-state index < -0.39 is 0 Å². The fraction of sp³-hybridized carbons (Fsp3) is 0.261. The number of benzene rings is 3. The van der Waals surface area contributed by atoms with Crippen molar-refractivity contribution in [3.05, 3.63) is 78.4 Å². The molecule has 3 heteroatoms. The Morgan fingerprint density at radius 2 is 1.58 bits per heavy atom. The zero-order valence-corrected chi connectivity index (χ0v) is 14.8. The van der Waals surface area contributed by atoms with Crippen LogP contribution >= 0.6 is 0 Å². The van der Waals surface area contributed by atoms with E-state index in [1.165, 1.54) is 10.8 Å². The highest BCUT2D eigenvalue weighted by atomic mass is 16.5. The van der Waals surface area contributed by atoms with Crippen LogP contribution in [0, 0.1) is 5.92 Å². The van der Waals surface area contributed by atoms with E-state index in [4.69, 9.17) is 4.74 Å². The molecule has 0 unspecified atom stereocenters. The summed E-state index contributed by atoms with van der Waals surface area (Å²) in [6, 6.07) is 24.1. The van der Waals surface area contributed by atoms with Gasteiger partial charge >= 0.3 is 0 Å². The van der Waals surface area contributed by atoms with E-state index in [0.717, 1.165) is 37.2 Å². The summed E-state index contributed by atoms with van der Waals surface area (Å²) in [5, 5.41) is 2.43. The van der Waals surface area contributed by atoms with E-state index in [-0.39, 0.29) is 5.91 Å². The lowest BCUT2D eigenvalue weighted by Gasteiger charge is -2.32. The summed E-state index contributed by atoms with van der Waals surface area (Å²) in [6.07, 6.45) is 1.98. The second-order valence-corrected chi connectivity index (χ2v) is 6.92. The van der Waals surface area contributed by atoms with Crippen LogP contribution < -0.4 is 4.74 Å². The summed E-state index contributed by atoms with van der Waals surface area (Å²) < 4.78 is 6.03. The summed E-state index contributed by atoms with van der Waals surface area (Å²) in [7, 11) is 0. The number of carbonyl (C=O) groups is 1. The average molecular weight is 345 g/mol. The average Bonchev–Trinajstić information content (AvgIpc) is 2.72. The van der Waals surface area contributed by atoms with Crippen molar-refractivity contribution in [2.75, 3.05) is 19.7 Å². The molecule has 0 bridgehead atoms. The largest absolute Gasteiger partial charge is 0.493 e. The Hall–Kier alpha value is -2.81. The van der Waals surface area contributed by atoms with Crippen LogP contribution in [0.25, 0.3) is 10.8 Å². The number of piperidine rings is 1. The van der Waals surface area contributed by atoms with E-state index in [0.29, 0.717) is 12.5 Å². The predicted molar refractivity (Wildman–Crippen MR) is 105 cm³/mol. The number of hydrogen-bond donors (Lipinski definition) is 0. The maximum absolute atomic E-state index is 12.5. The van der Waals surface area contributed by atoms with E-state index in [9.17, 15) is 4.79 Å². The minimum Gasteiger partial charge on any atom is -0.493 e. The number of amides is 1. The number of likely N-dealkylation sites (tertiary alicyclic amines) is 1. The molecule has 1 aliphatic rings. The van der Waals surface area contributed by atoms with Crippen molar-refractivity contribution >= 4 is 16.7 Å². The Kier molecular flexibility index (Phi) is 4.87. The normalized spacial score (nSPS) is 15.2. The fourth-order valence-electron chi connectivity index (χ4n) is 3.54. The molecule has 0 atom stereocenters. The number of nitrogens with zero attached hydrogens (tertiary/aromatic N) is 1. The first kappa shape index (κ1) is 16.6. The molecule has 0 spiro atoms. The minimum absolute atomic E-state index is 0.138. The van der Waals surface area contributed by atoms with Crippen LogP contribution in [0.15, 0.2) is 72.8 Å². The van der Waals surface area contributed by atoms with Gasteiger partial charge in [0.25, 0.3) is 5.91 Å². The highest BCUT2D eigenvalue weighted by molar-refractivity contribution is 5.94. The molecule has 3 aromatic rings. The van der Waals surface area contributed by atoms with Gasteiger partial charge in [0.15, 0.2) is 0 Å². The molecule has 0 aromatic heterocycles. The Morgan fingerprint density at radius 1 is 0.885 bits per heavy atom. The molecule has 132 valence electrons. The highest BCUT2D eigenvalue weighted by Crippen LogP contribution is 2.24. The van der Waals surface area contributed by atoms with Gasteiger partial charge in [0.2, 0.25) is 0 Å². The third-order valence-electron chi connectivity index (χ3n) is 5.13. The van der Waals surface area contributed by atoms with Crippen LogP contribution in [-0.2, 0) is 0 Å². The molecule has 0 aliphatic carbocycles. The molecule has 0 saturated carbocycles. The zero-order chi connectivity index (χ0) is 17.8. The van der Waals surface area contributed by atoms with Gasteiger partial charge in [0.05, 0.1) is 6.61 Å². The number of rotatable bonds is 4. The van der Waals surface area contributed by atoms with E-state index >= 15 is 0 Å². The summed E-state index contributed by atoms with van der Waals surface area (Å²) in [4.78, 5) is 14.5. The van der Waals surface area contributed by atoms with Crippen molar-refractivity contribution < 1.29 is 9.53 Å². The summed E-state index contributed by atoms with van der Waals surface area (Å²) in [5.41, 5.74) is 0.776. The van der Waals surface area contributed by atoms with Crippen LogP contribution in [0.1, 0.15) is 23.2 Å². The molecule has 3 nitrogen and oxygen atoms in total. The maximum Gasteiger partial charge on any atom is 0.253 e.